The molecule has 0 bridgehead atoms. The van der Waals surface area contributed by atoms with Gasteiger partial charge in [-0.3, -0.25) is 0 Å². The Morgan fingerprint density at radius 1 is 1.08 bits per heavy atom. The summed E-state index contributed by atoms with van der Waals surface area (Å²) in [4.78, 5) is 0. The van der Waals surface area contributed by atoms with Crippen LogP contribution < -0.4 is 0 Å². The Morgan fingerprint density at radius 2 is 1.58 bits per heavy atom. The lowest BCUT2D eigenvalue weighted by Gasteiger charge is -2.10. The van der Waals surface area contributed by atoms with Gasteiger partial charge in [-0.05, 0) is 19.1 Å². The number of phenols is 3. The SMILES string of the molecule is CC(O)c1c(O)ccc(O)c1O. The van der Waals surface area contributed by atoms with Crippen LogP contribution in [0, 0.1) is 0 Å². The Hall–Kier alpha value is -1.42. The fourth-order valence-corrected chi connectivity index (χ4v) is 0.998. The molecule has 4 N–H and O–H groups in total. The van der Waals surface area contributed by atoms with E-state index in [2.05, 4.69) is 0 Å². The summed E-state index contributed by atoms with van der Waals surface area (Å²) >= 11 is 0. The number of benzene rings is 1. The first-order valence-electron chi connectivity index (χ1n) is 3.46. The van der Waals surface area contributed by atoms with Gasteiger partial charge in [0.1, 0.15) is 5.75 Å². The molecule has 4 heteroatoms. The third kappa shape index (κ3) is 1.29. The second kappa shape index (κ2) is 2.91. The van der Waals surface area contributed by atoms with E-state index in [0.29, 0.717) is 0 Å². The third-order valence-corrected chi connectivity index (χ3v) is 1.59. The van der Waals surface area contributed by atoms with Gasteiger partial charge in [0, 0.05) is 0 Å². The first-order valence-corrected chi connectivity index (χ1v) is 3.46. The lowest BCUT2D eigenvalue weighted by molar-refractivity contribution is 0.189. The summed E-state index contributed by atoms with van der Waals surface area (Å²) in [5.41, 5.74) is -0.0602. The van der Waals surface area contributed by atoms with Crippen LogP contribution >= 0.6 is 0 Å². The minimum absolute atomic E-state index is 0.0602. The number of aliphatic hydroxyl groups excluding tert-OH is 1. The maximum Gasteiger partial charge on any atom is 0.167 e. The molecule has 0 saturated carbocycles. The Kier molecular flexibility index (Phi) is 2.10. The standard InChI is InChI=1S/C8H10O4/c1-4(9)7-5(10)2-3-6(11)8(7)12/h2-4,9-12H,1H3. The third-order valence-electron chi connectivity index (χ3n) is 1.59. The molecule has 0 fully saturated rings. The van der Waals surface area contributed by atoms with Crippen LogP contribution in [0.1, 0.15) is 18.6 Å². The zero-order valence-corrected chi connectivity index (χ0v) is 6.52. The van der Waals surface area contributed by atoms with Crippen molar-refractivity contribution in [1.82, 2.24) is 0 Å². The van der Waals surface area contributed by atoms with E-state index in [0.717, 1.165) is 6.07 Å². The van der Waals surface area contributed by atoms with Crippen molar-refractivity contribution in [3.63, 3.8) is 0 Å². The van der Waals surface area contributed by atoms with Gasteiger partial charge in [-0.15, -0.1) is 0 Å². The normalized spacial score (nSPS) is 12.8. The molecule has 0 aliphatic heterocycles. The van der Waals surface area contributed by atoms with Crippen LogP contribution in [0.5, 0.6) is 17.2 Å². The smallest absolute Gasteiger partial charge is 0.167 e. The molecule has 1 aromatic carbocycles. The zero-order chi connectivity index (χ0) is 9.30. The van der Waals surface area contributed by atoms with Crippen molar-refractivity contribution >= 4 is 0 Å². The van der Waals surface area contributed by atoms with Crippen molar-refractivity contribution in [1.29, 1.82) is 0 Å². The first kappa shape index (κ1) is 8.67. The second-order valence-corrected chi connectivity index (χ2v) is 2.54. The van der Waals surface area contributed by atoms with E-state index < -0.39 is 11.9 Å². The van der Waals surface area contributed by atoms with Crippen LogP contribution in [0.25, 0.3) is 0 Å². The van der Waals surface area contributed by atoms with Gasteiger partial charge < -0.3 is 20.4 Å². The molecule has 0 aliphatic carbocycles. The summed E-state index contributed by atoms with van der Waals surface area (Å²) in [6.07, 6.45) is -1.02. The maximum atomic E-state index is 9.18. The Labute approximate surface area is 69.3 Å². The highest BCUT2D eigenvalue weighted by atomic mass is 16.3. The van der Waals surface area contributed by atoms with Crippen LogP contribution in [-0.2, 0) is 0 Å². The van der Waals surface area contributed by atoms with Crippen molar-refractivity contribution < 1.29 is 20.4 Å². The second-order valence-electron chi connectivity index (χ2n) is 2.54. The van der Waals surface area contributed by atoms with E-state index in [1.807, 2.05) is 0 Å². The Balaban J connectivity index is 3.33. The molecular formula is C8H10O4. The summed E-state index contributed by atoms with van der Waals surface area (Å²) in [5.74, 6) is -1.07. The lowest BCUT2D eigenvalue weighted by atomic mass is 10.1. The predicted molar refractivity (Wildman–Crippen MR) is 42.1 cm³/mol. The molecule has 4 nitrogen and oxygen atoms in total. The van der Waals surface area contributed by atoms with Gasteiger partial charge in [0.15, 0.2) is 11.5 Å². The molecule has 1 aromatic rings. The monoisotopic (exact) mass is 170 g/mol. The average molecular weight is 170 g/mol. The van der Waals surface area contributed by atoms with Crippen molar-refractivity contribution in [3.8, 4) is 17.2 Å². The highest BCUT2D eigenvalue weighted by Gasteiger charge is 2.15. The van der Waals surface area contributed by atoms with E-state index in [1.165, 1.54) is 13.0 Å². The topological polar surface area (TPSA) is 80.9 Å². The molecule has 12 heavy (non-hydrogen) atoms. The van der Waals surface area contributed by atoms with Gasteiger partial charge in [0.25, 0.3) is 0 Å². The van der Waals surface area contributed by atoms with E-state index in [4.69, 9.17) is 15.3 Å². The molecule has 1 rings (SSSR count). The van der Waals surface area contributed by atoms with Crippen LogP contribution in [-0.4, -0.2) is 20.4 Å². The van der Waals surface area contributed by atoms with E-state index >= 15 is 0 Å². The first-order chi connectivity index (χ1) is 5.54. The van der Waals surface area contributed by atoms with Crippen LogP contribution in [0.15, 0.2) is 12.1 Å². The van der Waals surface area contributed by atoms with Crippen molar-refractivity contribution in [2.24, 2.45) is 0 Å². The fraction of sp³-hybridized carbons (Fsp3) is 0.250. The molecule has 0 heterocycles. The van der Waals surface area contributed by atoms with Gasteiger partial charge >= 0.3 is 0 Å². The minimum Gasteiger partial charge on any atom is -0.507 e. The molecule has 0 saturated heterocycles. The van der Waals surface area contributed by atoms with Gasteiger partial charge in [-0.25, -0.2) is 0 Å². The molecular weight excluding hydrogens is 160 g/mol. The summed E-state index contributed by atoms with van der Waals surface area (Å²) in [5, 5.41) is 36.4. The Bertz CT molecular complexity index is 293. The lowest BCUT2D eigenvalue weighted by Crippen LogP contribution is -1.92. The highest BCUT2D eigenvalue weighted by Crippen LogP contribution is 2.38. The number of hydrogen-bond donors (Lipinski definition) is 4. The summed E-state index contributed by atoms with van der Waals surface area (Å²) in [6, 6.07) is 2.35. The van der Waals surface area contributed by atoms with E-state index in [1.54, 1.807) is 0 Å². The number of hydrogen-bond acceptors (Lipinski definition) is 4. The summed E-state index contributed by atoms with van der Waals surface area (Å²) < 4.78 is 0. The molecule has 1 unspecified atom stereocenters. The van der Waals surface area contributed by atoms with Crippen molar-refractivity contribution in [3.05, 3.63) is 17.7 Å². The molecule has 1 atom stereocenters. The van der Waals surface area contributed by atoms with Crippen LogP contribution in [0.2, 0.25) is 0 Å². The fourth-order valence-electron chi connectivity index (χ4n) is 0.998. The Morgan fingerprint density at radius 3 is 2.00 bits per heavy atom. The van der Waals surface area contributed by atoms with Gasteiger partial charge in [0.05, 0.1) is 11.7 Å². The number of rotatable bonds is 1. The molecule has 0 aliphatic rings. The summed E-state index contributed by atoms with van der Waals surface area (Å²) in [7, 11) is 0. The molecule has 0 amide bonds. The van der Waals surface area contributed by atoms with Crippen molar-refractivity contribution in [2.75, 3.05) is 0 Å². The van der Waals surface area contributed by atoms with Crippen LogP contribution in [0.3, 0.4) is 0 Å². The predicted octanol–water partition coefficient (Wildman–Crippen LogP) is 0.857. The molecule has 0 radical (unpaired) electrons. The largest absolute Gasteiger partial charge is 0.507 e. The minimum atomic E-state index is -1.02. The van der Waals surface area contributed by atoms with E-state index in [9.17, 15) is 5.11 Å². The van der Waals surface area contributed by atoms with Crippen LogP contribution in [0.4, 0.5) is 0 Å². The number of phenolic OH excluding ortho intramolecular Hbond substituents is 3. The highest BCUT2D eigenvalue weighted by molar-refractivity contribution is 5.52. The summed E-state index contributed by atoms with van der Waals surface area (Å²) in [6.45, 7) is 1.38. The molecule has 0 aromatic heterocycles. The van der Waals surface area contributed by atoms with E-state index in [-0.39, 0.29) is 17.1 Å². The molecule has 0 spiro atoms. The van der Waals surface area contributed by atoms with Crippen molar-refractivity contribution in [2.45, 2.75) is 13.0 Å². The number of aliphatic hydroxyl groups is 1. The van der Waals surface area contributed by atoms with Gasteiger partial charge in [-0.2, -0.15) is 0 Å². The van der Waals surface area contributed by atoms with Gasteiger partial charge in [0.2, 0.25) is 0 Å². The quantitative estimate of drug-likeness (QED) is 0.372. The zero-order valence-electron chi connectivity index (χ0n) is 6.52. The number of aromatic hydroxyl groups is 3. The van der Waals surface area contributed by atoms with Gasteiger partial charge in [-0.1, -0.05) is 0 Å². The average Bonchev–Trinajstić information content (AvgIpc) is 1.97. The molecule has 66 valence electrons. The maximum absolute atomic E-state index is 9.18.